The molecule has 1 aromatic rings. The molecule has 72 valence electrons. The first kappa shape index (κ1) is 9.73. The molecule has 1 N–H and O–H groups in total. The van der Waals surface area contributed by atoms with E-state index in [1.165, 1.54) is 10.7 Å². The Kier molecular flexibility index (Phi) is 3.02. The van der Waals surface area contributed by atoms with Gasteiger partial charge in [-0.3, -0.25) is 4.79 Å². The molecule has 13 heavy (non-hydrogen) atoms. The molecular weight excluding hydrogens is 170 g/mol. The van der Waals surface area contributed by atoms with Crippen molar-refractivity contribution in [3.05, 3.63) is 22.6 Å². The summed E-state index contributed by atoms with van der Waals surface area (Å²) in [4.78, 5) is 13.1. The fourth-order valence-electron chi connectivity index (χ4n) is 0.931. The van der Waals surface area contributed by atoms with Gasteiger partial charge < -0.3 is 10.0 Å². The minimum atomic E-state index is -0.194. The molecule has 0 unspecified atom stereocenters. The predicted octanol–water partition coefficient (Wildman–Crippen LogP) is -0.698. The molecular formula is C8H13N3O2. The van der Waals surface area contributed by atoms with E-state index in [-0.39, 0.29) is 18.7 Å². The van der Waals surface area contributed by atoms with Gasteiger partial charge in [0.25, 0.3) is 5.56 Å². The quantitative estimate of drug-likeness (QED) is 0.673. The van der Waals surface area contributed by atoms with Crippen LogP contribution in [-0.2, 0) is 6.54 Å². The summed E-state index contributed by atoms with van der Waals surface area (Å²) in [7, 11) is 3.68. The van der Waals surface area contributed by atoms with Crippen LogP contribution < -0.4 is 10.5 Å². The third-order valence-corrected chi connectivity index (χ3v) is 1.68. The number of anilines is 1. The van der Waals surface area contributed by atoms with Crippen molar-refractivity contribution in [2.24, 2.45) is 0 Å². The topological polar surface area (TPSA) is 58.4 Å². The molecule has 0 aliphatic rings. The lowest BCUT2D eigenvalue weighted by atomic mass is 10.4. The Morgan fingerprint density at radius 2 is 2.31 bits per heavy atom. The summed E-state index contributed by atoms with van der Waals surface area (Å²) < 4.78 is 1.23. The minimum Gasteiger partial charge on any atom is -0.394 e. The Morgan fingerprint density at radius 3 is 2.77 bits per heavy atom. The van der Waals surface area contributed by atoms with Gasteiger partial charge in [0.1, 0.15) is 0 Å². The average Bonchev–Trinajstić information content (AvgIpc) is 2.08. The van der Waals surface area contributed by atoms with Gasteiger partial charge in [0.05, 0.1) is 25.0 Å². The molecule has 0 aliphatic heterocycles. The maximum Gasteiger partial charge on any atom is 0.268 e. The Morgan fingerprint density at radius 1 is 1.62 bits per heavy atom. The van der Waals surface area contributed by atoms with Crippen LogP contribution in [0.2, 0.25) is 0 Å². The Bertz CT molecular complexity index is 332. The highest BCUT2D eigenvalue weighted by Gasteiger charge is 2.00. The van der Waals surface area contributed by atoms with E-state index in [0.29, 0.717) is 0 Å². The molecule has 0 aromatic carbocycles. The largest absolute Gasteiger partial charge is 0.394 e. The van der Waals surface area contributed by atoms with Gasteiger partial charge in [-0.2, -0.15) is 5.10 Å². The highest BCUT2D eigenvalue weighted by molar-refractivity contribution is 5.40. The van der Waals surface area contributed by atoms with E-state index in [1.807, 2.05) is 14.1 Å². The van der Waals surface area contributed by atoms with E-state index in [1.54, 1.807) is 11.1 Å². The normalized spacial score (nSPS) is 10.1. The summed E-state index contributed by atoms with van der Waals surface area (Å²) in [6.45, 7) is 0.167. The summed E-state index contributed by atoms with van der Waals surface area (Å²) >= 11 is 0. The first-order valence-electron chi connectivity index (χ1n) is 4.00. The molecule has 5 heteroatoms. The van der Waals surface area contributed by atoms with E-state index >= 15 is 0 Å². The Hall–Kier alpha value is -1.36. The third-order valence-electron chi connectivity index (χ3n) is 1.68. The van der Waals surface area contributed by atoms with E-state index in [4.69, 9.17) is 5.11 Å². The summed E-state index contributed by atoms with van der Waals surface area (Å²) in [6, 6.07) is 1.49. The molecule has 0 aliphatic carbocycles. The van der Waals surface area contributed by atoms with Crippen molar-refractivity contribution in [2.45, 2.75) is 6.54 Å². The highest BCUT2D eigenvalue weighted by atomic mass is 16.3. The monoisotopic (exact) mass is 183 g/mol. The molecule has 1 aromatic heterocycles. The van der Waals surface area contributed by atoms with Crippen molar-refractivity contribution in [3.63, 3.8) is 0 Å². The lowest BCUT2D eigenvalue weighted by Gasteiger charge is -2.11. The molecule has 0 fully saturated rings. The summed E-state index contributed by atoms with van der Waals surface area (Å²) in [6.07, 6.45) is 1.59. The van der Waals surface area contributed by atoms with Gasteiger partial charge in [-0.25, -0.2) is 4.68 Å². The molecule has 0 bridgehead atoms. The van der Waals surface area contributed by atoms with E-state index in [0.717, 1.165) is 5.69 Å². The van der Waals surface area contributed by atoms with Crippen LogP contribution in [0.5, 0.6) is 0 Å². The second kappa shape index (κ2) is 4.04. The third kappa shape index (κ3) is 2.29. The van der Waals surface area contributed by atoms with E-state index in [9.17, 15) is 4.79 Å². The predicted molar refractivity (Wildman–Crippen MR) is 49.9 cm³/mol. The van der Waals surface area contributed by atoms with Gasteiger partial charge in [-0.1, -0.05) is 0 Å². The van der Waals surface area contributed by atoms with Gasteiger partial charge in [-0.05, 0) is 0 Å². The van der Waals surface area contributed by atoms with Crippen LogP contribution in [0, 0.1) is 0 Å². The maximum atomic E-state index is 11.3. The first-order valence-corrected chi connectivity index (χ1v) is 4.00. The number of nitrogens with zero attached hydrogens (tertiary/aromatic N) is 3. The standard InChI is InChI=1S/C8H13N3O2/c1-10(2)7-5-8(13)11(3-4-12)9-6-7/h5-6,12H,3-4H2,1-2H3. The van der Waals surface area contributed by atoms with Crippen molar-refractivity contribution in [2.75, 3.05) is 25.6 Å². The number of rotatable bonds is 3. The molecule has 0 amide bonds. The Balaban J connectivity index is 2.99. The van der Waals surface area contributed by atoms with Crippen LogP contribution in [0.4, 0.5) is 5.69 Å². The molecule has 1 rings (SSSR count). The second-order valence-electron chi connectivity index (χ2n) is 2.89. The van der Waals surface area contributed by atoms with Crippen molar-refractivity contribution in [1.82, 2.24) is 9.78 Å². The molecule has 0 atom stereocenters. The number of aliphatic hydroxyl groups is 1. The first-order chi connectivity index (χ1) is 6.15. The maximum absolute atomic E-state index is 11.3. The van der Waals surface area contributed by atoms with Gasteiger partial charge in [0.15, 0.2) is 0 Å². The lowest BCUT2D eigenvalue weighted by Crippen LogP contribution is -2.25. The summed E-state index contributed by atoms with van der Waals surface area (Å²) in [5, 5.41) is 12.5. The minimum absolute atomic E-state index is 0.0752. The lowest BCUT2D eigenvalue weighted by molar-refractivity contribution is 0.266. The van der Waals surface area contributed by atoms with Gasteiger partial charge in [-0.15, -0.1) is 0 Å². The van der Waals surface area contributed by atoms with E-state index in [2.05, 4.69) is 5.10 Å². The zero-order chi connectivity index (χ0) is 9.84. The fraction of sp³-hybridized carbons (Fsp3) is 0.500. The number of hydrogen-bond donors (Lipinski definition) is 1. The molecule has 0 radical (unpaired) electrons. The van der Waals surface area contributed by atoms with Crippen LogP contribution in [0.25, 0.3) is 0 Å². The molecule has 5 nitrogen and oxygen atoms in total. The zero-order valence-electron chi connectivity index (χ0n) is 7.77. The van der Waals surface area contributed by atoms with Crippen molar-refractivity contribution in [3.8, 4) is 0 Å². The molecule has 0 spiro atoms. The van der Waals surface area contributed by atoms with Gasteiger partial charge >= 0.3 is 0 Å². The molecule has 0 saturated heterocycles. The summed E-state index contributed by atoms with van der Waals surface area (Å²) in [5.74, 6) is 0. The van der Waals surface area contributed by atoms with Crippen molar-refractivity contribution < 1.29 is 5.11 Å². The smallest absolute Gasteiger partial charge is 0.268 e. The van der Waals surface area contributed by atoms with Crippen molar-refractivity contribution in [1.29, 1.82) is 0 Å². The highest BCUT2D eigenvalue weighted by Crippen LogP contribution is 2.02. The fourth-order valence-corrected chi connectivity index (χ4v) is 0.931. The zero-order valence-corrected chi connectivity index (χ0v) is 7.77. The summed E-state index contributed by atoms with van der Waals surface area (Å²) in [5.41, 5.74) is 0.569. The van der Waals surface area contributed by atoms with Gasteiger partial charge in [0.2, 0.25) is 0 Å². The average molecular weight is 183 g/mol. The van der Waals surface area contributed by atoms with Crippen LogP contribution in [0.15, 0.2) is 17.1 Å². The van der Waals surface area contributed by atoms with E-state index < -0.39 is 0 Å². The molecule has 1 heterocycles. The SMILES string of the molecule is CN(C)c1cnn(CCO)c(=O)c1. The van der Waals surface area contributed by atoms with Gasteiger partial charge in [0, 0.05) is 20.2 Å². The van der Waals surface area contributed by atoms with Crippen LogP contribution >= 0.6 is 0 Å². The molecule has 0 saturated carbocycles. The number of hydrogen-bond acceptors (Lipinski definition) is 4. The number of aromatic nitrogens is 2. The van der Waals surface area contributed by atoms with Crippen LogP contribution in [0.3, 0.4) is 0 Å². The van der Waals surface area contributed by atoms with Crippen LogP contribution in [0.1, 0.15) is 0 Å². The van der Waals surface area contributed by atoms with Crippen molar-refractivity contribution >= 4 is 5.69 Å². The number of aliphatic hydroxyl groups excluding tert-OH is 1. The van der Waals surface area contributed by atoms with Crippen LogP contribution in [-0.4, -0.2) is 35.6 Å². The second-order valence-corrected chi connectivity index (χ2v) is 2.89. The Labute approximate surface area is 76.2 Å².